The van der Waals surface area contributed by atoms with E-state index >= 15 is 0 Å². The minimum absolute atomic E-state index is 0.0416. The SMILES string of the molecule is COc1ccc(NC(C)c2ccc(C)c(F)c2)cc1CO. The third-order valence-electron chi connectivity index (χ3n) is 3.53. The second-order valence-electron chi connectivity index (χ2n) is 5.06. The first kappa shape index (κ1) is 15.3. The van der Waals surface area contributed by atoms with Gasteiger partial charge in [-0.1, -0.05) is 12.1 Å². The van der Waals surface area contributed by atoms with E-state index < -0.39 is 0 Å². The number of methoxy groups -OCH3 is 1. The number of halogens is 1. The summed E-state index contributed by atoms with van der Waals surface area (Å²) in [4.78, 5) is 0. The van der Waals surface area contributed by atoms with Crippen molar-refractivity contribution < 1.29 is 14.2 Å². The van der Waals surface area contributed by atoms with E-state index in [1.165, 1.54) is 0 Å². The molecule has 2 rings (SSSR count). The first-order valence-corrected chi connectivity index (χ1v) is 6.85. The van der Waals surface area contributed by atoms with E-state index in [0.29, 0.717) is 16.9 Å². The Labute approximate surface area is 124 Å². The summed E-state index contributed by atoms with van der Waals surface area (Å²) >= 11 is 0. The highest BCUT2D eigenvalue weighted by atomic mass is 19.1. The summed E-state index contributed by atoms with van der Waals surface area (Å²) in [6.07, 6.45) is 0. The van der Waals surface area contributed by atoms with E-state index in [9.17, 15) is 9.50 Å². The van der Waals surface area contributed by atoms with Gasteiger partial charge in [-0.25, -0.2) is 4.39 Å². The molecule has 21 heavy (non-hydrogen) atoms. The summed E-state index contributed by atoms with van der Waals surface area (Å²) in [7, 11) is 1.57. The van der Waals surface area contributed by atoms with Crippen molar-refractivity contribution in [3.05, 3.63) is 58.9 Å². The average Bonchev–Trinajstić information content (AvgIpc) is 2.49. The molecule has 3 nitrogen and oxygen atoms in total. The van der Waals surface area contributed by atoms with Gasteiger partial charge < -0.3 is 15.2 Å². The van der Waals surface area contributed by atoms with E-state index in [1.807, 2.05) is 25.1 Å². The van der Waals surface area contributed by atoms with Gasteiger partial charge in [-0.3, -0.25) is 0 Å². The predicted molar refractivity (Wildman–Crippen MR) is 82.1 cm³/mol. The highest BCUT2D eigenvalue weighted by Crippen LogP contribution is 2.26. The molecular formula is C17H20FNO2. The maximum absolute atomic E-state index is 13.6. The number of nitrogens with one attached hydrogen (secondary N) is 1. The molecule has 2 N–H and O–H groups in total. The molecule has 0 aliphatic rings. The summed E-state index contributed by atoms with van der Waals surface area (Å²) in [5, 5.41) is 12.6. The van der Waals surface area contributed by atoms with Crippen molar-refractivity contribution in [2.45, 2.75) is 26.5 Å². The van der Waals surface area contributed by atoms with Crippen LogP contribution in [0, 0.1) is 12.7 Å². The number of hydrogen-bond donors (Lipinski definition) is 2. The lowest BCUT2D eigenvalue weighted by atomic mass is 10.1. The van der Waals surface area contributed by atoms with Crippen LogP contribution in [0.15, 0.2) is 36.4 Å². The molecule has 0 saturated carbocycles. The molecule has 0 heterocycles. The topological polar surface area (TPSA) is 41.5 Å². The molecule has 1 unspecified atom stereocenters. The Hall–Kier alpha value is -2.07. The Morgan fingerprint density at radius 2 is 2.00 bits per heavy atom. The lowest BCUT2D eigenvalue weighted by molar-refractivity contribution is 0.274. The van der Waals surface area contributed by atoms with Crippen LogP contribution in [0.2, 0.25) is 0 Å². The number of aliphatic hydroxyl groups is 1. The van der Waals surface area contributed by atoms with Gasteiger partial charge in [-0.15, -0.1) is 0 Å². The Bertz CT molecular complexity index is 628. The lowest BCUT2D eigenvalue weighted by Gasteiger charge is -2.17. The summed E-state index contributed by atoms with van der Waals surface area (Å²) in [5.41, 5.74) is 3.08. The first-order valence-electron chi connectivity index (χ1n) is 6.85. The van der Waals surface area contributed by atoms with Crippen LogP contribution in [0.3, 0.4) is 0 Å². The largest absolute Gasteiger partial charge is 0.496 e. The van der Waals surface area contributed by atoms with Crippen LogP contribution in [-0.4, -0.2) is 12.2 Å². The monoisotopic (exact) mass is 289 g/mol. The molecule has 0 spiro atoms. The second-order valence-corrected chi connectivity index (χ2v) is 5.06. The van der Waals surface area contributed by atoms with E-state index in [0.717, 1.165) is 11.3 Å². The number of ether oxygens (including phenoxy) is 1. The van der Waals surface area contributed by atoms with Crippen LogP contribution in [0.25, 0.3) is 0 Å². The standard InChI is InChI=1S/C17H20FNO2/c1-11-4-5-13(9-16(11)18)12(2)19-15-6-7-17(21-3)14(8-15)10-20/h4-9,12,19-20H,10H2,1-3H3. The number of benzene rings is 2. The molecule has 112 valence electrons. The fourth-order valence-corrected chi connectivity index (χ4v) is 2.20. The van der Waals surface area contributed by atoms with Crippen molar-refractivity contribution in [2.24, 2.45) is 0 Å². The second kappa shape index (κ2) is 6.59. The van der Waals surface area contributed by atoms with E-state index in [2.05, 4.69) is 5.32 Å². The molecule has 0 saturated heterocycles. The summed E-state index contributed by atoms with van der Waals surface area (Å²) < 4.78 is 18.8. The van der Waals surface area contributed by atoms with Crippen LogP contribution in [-0.2, 0) is 6.61 Å². The van der Waals surface area contributed by atoms with E-state index in [-0.39, 0.29) is 18.5 Å². The van der Waals surface area contributed by atoms with Gasteiger partial charge in [0.05, 0.1) is 13.7 Å². The molecule has 0 amide bonds. The Kier molecular flexibility index (Phi) is 4.81. The lowest BCUT2D eigenvalue weighted by Crippen LogP contribution is -2.07. The fraction of sp³-hybridized carbons (Fsp3) is 0.294. The van der Waals surface area contributed by atoms with Crippen molar-refractivity contribution in [3.63, 3.8) is 0 Å². The van der Waals surface area contributed by atoms with Gasteiger partial charge in [0, 0.05) is 17.3 Å². The number of aliphatic hydroxyl groups excluding tert-OH is 1. The van der Waals surface area contributed by atoms with Gasteiger partial charge in [0.2, 0.25) is 0 Å². The Morgan fingerprint density at radius 3 is 2.62 bits per heavy atom. The molecule has 4 heteroatoms. The molecule has 2 aromatic rings. The molecule has 0 fully saturated rings. The van der Waals surface area contributed by atoms with Crippen molar-refractivity contribution in [1.29, 1.82) is 0 Å². The maximum atomic E-state index is 13.6. The van der Waals surface area contributed by atoms with Crippen LogP contribution in [0.5, 0.6) is 5.75 Å². The Morgan fingerprint density at radius 1 is 1.24 bits per heavy atom. The maximum Gasteiger partial charge on any atom is 0.126 e. The zero-order valence-corrected chi connectivity index (χ0v) is 12.5. The normalized spacial score (nSPS) is 12.0. The summed E-state index contributed by atoms with van der Waals surface area (Å²) in [6.45, 7) is 3.62. The minimum Gasteiger partial charge on any atom is -0.496 e. The van der Waals surface area contributed by atoms with Crippen molar-refractivity contribution in [2.75, 3.05) is 12.4 Å². The average molecular weight is 289 g/mol. The zero-order valence-electron chi connectivity index (χ0n) is 12.5. The van der Waals surface area contributed by atoms with Crippen LogP contribution in [0.4, 0.5) is 10.1 Å². The Balaban J connectivity index is 2.18. The van der Waals surface area contributed by atoms with E-state index in [1.54, 1.807) is 32.2 Å². The highest BCUT2D eigenvalue weighted by Gasteiger charge is 2.09. The first-order chi connectivity index (χ1) is 10.0. The number of rotatable bonds is 5. The van der Waals surface area contributed by atoms with Gasteiger partial charge >= 0.3 is 0 Å². The molecule has 0 aliphatic carbocycles. The molecule has 2 aromatic carbocycles. The zero-order chi connectivity index (χ0) is 15.4. The number of anilines is 1. The quantitative estimate of drug-likeness (QED) is 0.879. The number of aryl methyl sites for hydroxylation is 1. The third kappa shape index (κ3) is 3.52. The molecular weight excluding hydrogens is 269 g/mol. The van der Waals surface area contributed by atoms with Gasteiger partial charge in [0.15, 0.2) is 0 Å². The van der Waals surface area contributed by atoms with Crippen LogP contribution < -0.4 is 10.1 Å². The van der Waals surface area contributed by atoms with Gasteiger partial charge in [-0.05, 0) is 49.2 Å². The minimum atomic E-state index is -0.202. The van der Waals surface area contributed by atoms with Crippen molar-refractivity contribution >= 4 is 5.69 Å². The summed E-state index contributed by atoms with van der Waals surface area (Å²) in [5.74, 6) is 0.448. The molecule has 1 atom stereocenters. The number of hydrogen-bond acceptors (Lipinski definition) is 3. The predicted octanol–water partition coefficient (Wildman–Crippen LogP) is 3.81. The van der Waals surface area contributed by atoms with Crippen LogP contribution >= 0.6 is 0 Å². The molecule has 0 aliphatic heterocycles. The van der Waals surface area contributed by atoms with E-state index in [4.69, 9.17) is 4.74 Å². The highest BCUT2D eigenvalue weighted by molar-refractivity contribution is 5.52. The van der Waals surface area contributed by atoms with Gasteiger partial charge in [-0.2, -0.15) is 0 Å². The van der Waals surface area contributed by atoms with Crippen molar-refractivity contribution in [3.8, 4) is 5.75 Å². The summed E-state index contributed by atoms with van der Waals surface area (Å²) in [6, 6.07) is 10.7. The van der Waals surface area contributed by atoms with Gasteiger partial charge in [0.25, 0.3) is 0 Å². The molecule has 0 bridgehead atoms. The molecule has 0 radical (unpaired) electrons. The van der Waals surface area contributed by atoms with Crippen LogP contribution in [0.1, 0.15) is 29.7 Å². The van der Waals surface area contributed by atoms with Gasteiger partial charge in [0.1, 0.15) is 11.6 Å². The van der Waals surface area contributed by atoms with Crippen molar-refractivity contribution in [1.82, 2.24) is 0 Å². The fourth-order valence-electron chi connectivity index (χ4n) is 2.20. The third-order valence-corrected chi connectivity index (χ3v) is 3.53. The smallest absolute Gasteiger partial charge is 0.126 e. The molecule has 0 aromatic heterocycles.